The van der Waals surface area contributed by atoms with E-state index in [0.717, 1.165) is 13.0 Å². The third-order valence-corrected chi connectivity index (χ3v) is 3.12. The first kappa shape index (κ1) is 9.45. The average molecular weight is 198 g/mol. The summed E-state index contributed by atoms with van der Waals surface area (Å²) in [4.78, 5) is 22.8. The van der Waals surface area contributed by atoms with Gasteiger partial charge in [-0.2, -0.15) is 0 Å². The lowest BCUT2D eigenvalue weighted by Crippen LogP contribution is -2.50. The summed E-state index contributed by atoms with van der Waals surface area (Å²) in [5.74, 6) is -0.661. The number of methoxy groups -OCH3 is 1. The third kappa shape index (κ3) is 1.28. The van der Waals surface area contributed by atoms with Crippen LogP contribution in [0.15, 0.2) is 0 Å². The Morgan fingerprint density at radius 2 is 2.43 bits per heavy atom. The predicted octanol–water partition coefficient (Wildman–Crippen LogP) is -0.972. The van der Waals surface area contributed by atoms with Crippen LogP contribution in [0.1, 0.15) is 12.8 Å². The van der Waals surface area contributed by atoms with Gasteiger partial charge in [-0.1, -0.05) is 0 Å². The molecule has 14 heavy (non-hydrogen) atoms. The van der Waals surface area contributed by atoms with E-state index in [1.807, 2.05) is 0 Å². The van der Waals surface area contributed by atoms with Gasteiger partial charge in [0.05, 0.1) is 18.6 Å². The monoisotopic (exact) mass is 198 g/mol. The molecule has 78 valence electrons. The fourth-order valence-corrected chi connectivity index (χ4v) is 2.36. The maximum atomic E-state index is 11.5. The molecule has 2 heterocycles. The van der Waals surface area contributed by atoms with E-state index >= 15 is 0 Å². The van der Waals surface area contributed by atoms with Crippen LogP contribution in [0.4, 0.5) is 0 Å². The van der Waals surface area contributed by atoms with E-state index in [9.17, 15) is 9.59 Å². The van der Waals surface area contributed by atoms with Gasteiger partial charge in [-0.15, -0.1) is 0 Å². The maximum Gasteiger partial charge on any atom is 0.311 e. The molecule has 0 aliphatic carbocycles. The molecule has 2 aliphatic heterocycles. The van der Waals surface area contributed by atoms with Crippen LogP contribution in [0, 0.1) is 5.92 Å². The average Bonchev–Trinajstić information content (AvgIpc) is 2.74. The van der Waals surface area contributed by atoms with Gasteiger partial charge in [0.1, 0.15) is 0 Å². The molecule has 0 bridgehead atoms. The second kappa shape index (κ2) is 3.24. The van der Waals surface area contributed by atoms with E-state index in [2.05, 4.69) is 10.6 Å². The smallest absolute Gasteiger partial charge is 0.311 e. The lowest BCUT2D eigenvalue weighted by atomic mass is 9.85. The Bertz CT molecular complexity index is 271. The second-order valence-electron chi connectivity index (χ2n) is 3.91. The Labute approximate surface area is 82.2 Å². The fourth-order valence-electron chi connectivity index (χ4n) is 2.36. The number of amides is 1. The number of hydrogen-bond acceptors (Lipinski definition) is 4. The van der Waals surface area contributed by atoms with Crippen LogP contribution in [0.25, 0.3) is 0 Å². The second-order valence-corrected chi connectivity index (χ2v) is 3.91. The summed E-state index contributed by atoms with van der Waals surface area (Å²) in [5.41, 5.74) is -0.385. The van der Waals surface area contributed by atoms with Crippen molar-refractivity contribution in [2.45, 2.75) is 18.4 Å². The molecule has 0 radical (unpaired) electrons. The zero-order valence-corrected chi connectivity index (χ0v) is 8.13. The third-order valence-electron chi connectivity index (χ3n) is 3.12. The van der Waals surface area contributed by atoms with Crippen molar-refractivity contribution >= 4 is 11.9 Å². The highest BCUT2D eigenvalue weighted by Gasteiger charge is 2.52. The summed E-state index contributed by atoms with van der Waals surface area (Å²) in [7, 11) is 1.36. The zero-order valence-electron chi connectivity index (χ0n) is 8.13. The van der Waals surface area contributed by atoms with Gasteiger partial charge in [-0.05, 0) is 13.0 Å². The van der Waals surface area contributed by atoms with Crippen molar-refractivity contribution in [1.29, 1.82) is 0 Å². The maximum absolute atomic E-state index is 11.5. The molecule has 1 spiro atoms. The first-order valence-electron chi connectivity index (χ1n) is 4.77. The molecule has 0 aromatic heterocycles. The quantitative estimate of drug-likeness (QED) is 0.532. The van der Waals surface area contributed by atoms with Crippen LogP contribution < -0.4 is 10.6 Å². The van der Waals surface area contributed by atoms with E-state index in [4.69, 9.17) is 4.74 Å². The molecule has 2 unspecified atom stereocenters. The highest BCUT2D eigenvalue weighted by molar-refractivity contribution is 5.89. The normalized spacial score (nSPS) is 36.1. The summed E-state index contributed by atoms with van der Waals surface area (Å²) in [6, 6.07) is 0. The van der Waals surface area contributed by atoms with Gasteiger partial charge in [0, 0.05) is 13.0 Å². The van der Waals surface area contributed by atoms with Crippen molar-refractivity contribution in [1.82, 2.24) is 10.6 Å². The van der Waals surface area contributed by atoms with E-state index in [1.165, 1.54) is 7.11 Å². The Balaban J connectivity index is 2.21. The molecule has 2 aliphatic rings. The number of esters is 1. The number of hydrogen-bond donors (Lipinski definition) is 2. The molecular weight excluding hydrogens is 184 g/mol. The molecule has 5 nitrogen and oxygen atoms in total. The topological polar surface area (TPSA) is 67.4 Å². The van der Waals surface area contributed by atoms with Gasteiger partial charge in [0.25, 0.3) is 0 Å². The summed E-state index contributed by atoms with van der Waals surface area (Å²) in [6.45, 7) is 1.51. The summed E-state index contributed by atoms with van der Waals surface area (Å²) < 4.78 is 4.71. The Kier molecular flexibility index (Phi) is 2.19. The summed E-state index contributed by atoms with van der Waals surface area (Å²) in [6.07, 6.45) is 1.06. The van der Waals surface area contributed by atoms with Crippen LogP contribution in [0.3, 0.4) is 0 Å². The van der Waals surface area contributed by atoms with Crippen molar-refractivity contribution in [2.75, 3.05) is 20.2 Å². The molecule has 0 saturated carbocycles. The summed E-state index contributed by atoms with van der Waals surface area (Å²) >= 11 is 0. The van der Waals surface area contributed by atoms with E-state index < -0.39 is 0 Å². The molecule has 0 aromatic carbocycles. The van der Waals surface area contributed by atoms with Gasteiger partial charge in [0.2, 0.25) is 5.91 Å². The lowest BCUT2D eigenvalue weighted by Gasteiger charge is -2.27. The van der Waals surface area contributed by atoms with Crippen molar-refractivity contribution in [3.8, 4) is 0 Å². The highest BCUT2D eigenvalue weighted by atomic mass is 16.5. The van der Waals surface area contributed by atoms with Crippen LogP contribution in [-0.4, -0.2) is 37.6 Å². The minimum Gasteiger partial charge on any atom is -0.469 e. The zero-order chi connectivity index (χ0) is 10.2. The van der Waals surface area contributed by atoms with Crippen LogP contribution in [-0.2, 0) is 14.3 Å². The largest absolute Gasteiger partial charge is 0.469 e. The molecule has 2 fully saturated rings. The van der Waals surface area contributed by atoms with Crippen molar-refractivity contribution in [2.24, 2.45) is 5.92 Å². The number of ether oxygens (including phenoxy) is 1. The molecule has 5 heteroatoms. The highest BCUT2D eigenvalue weighted by Crippen LogP contribution is 2.33. The molecule has 2 rings (SSSR count). The molecular formula is C9H14N2O3. The van der Waals surface area contributed by atoms with Gasteiger partial charge in [-0.3, -0.25) is 9.59 Å². The van der Waals surface area contributed by atoms with Gasteiger partial charge in [-0.25, -0.2) is 0 Å². The fraction of sp³-hybridized carbons (Fsp3) is 0.778. The predicted molar refractivity (Wildman–Crippen MR) is 48.5 cm³/mol. The van der Waals surface area contributed by atoms with Crippen LogP contribution >= 0.6 is 0 Å². The number of nitrogens with one attached hydrogen (secondary N) is 2. The minimum atomic E-state index is -0.385. The minimum absolute atomic E-state index is 0.0518. The van der Waals surface area contributed by atoms with Gasteiger partial charge >= 0.3 is 5.97 Å². The molecule has 1 amide bonds. The van der Waals surface area contributed by atoms with E-state index in [1.54, 1.807) is 0 Å². The Hall–Kier alpha value is -1.10. The first-order chi connectivity index (χ1) is 6.68. The van der Waals surface area contributed by atoms with Crippen molar-refractivity contribution in [3.05, 3.63) is 0 Å². The Morgan fingerprint density at radius 3 is 3.00 bits per heavy atom. The standard InChI is InChI=1S/C9H14N2O3/c1-14-8(13)6-4-7(12)11-9(6)2-3-10-5-9/h6,10H,2-5H2,1H3,(H,11,12). The van der Waals surface area contributed by atoms with E-state index in [0.29, 0.717) is 6.54 Å². The number of carbonyl (C=O) groups is 2. The number of rotatable bonds is 1. The Morgan fingerprint density at radius 1 is 1.64 bits per heavy atom. The number of carbonyl (C=O) groups excluding carboxylic acids is 2. The van der Waals surface area contributed by atoms with Crippen molar-refractivity contribution in [3.63, 3.8) is 0 Å². The molecule has 2 atom stereocenters. The molecule has 2 saturated heterocycles. The van der Waals surface area contributed by atoms with Gasteiger partial charge < -0.3 is 15.4 Å². The first-order valence-corrected chi connectivity index (χ1v) is 4.77. The molecule has 0 aromatic rings. The van der Waals surface area contributed by atoms with Crippen LogP contribution in [0.2, 0.25) is 0 Å². The van der Waals surface area contributed by atoms with Crippen molar-refractivity contribution < 1.29 is 14.3 Å². The van der Waals surface area contributed by atoms with E-state index in [-0.39, 0.29) is 29.8 Å². The summed E-state index contributed by atoms with van der Waals surface area (Å²) in [5, 5.41) is 6.05. The van der Waals surface area contributed by atoms with Crippen LogP contribution in [0.5, 0.6) is 0 Å². The van der Waals surface area contributed by atoms with Gasteiger partial charge in [0.15, 0.2) is 0 Å². The molecule has 2 N–H and O–H groups in total. The SMILES string of the molecule is COC(=O)C1CC(=O)NC12CCNC2. The lowest BCUT2D eigenvalue weighted by molar-refractivity contribution is -0.147.